The van der Waals surface area contributed by atoms with E-state index in [2.05, 4.69) is 13.8 Å². The maximum atomic E-state index is 11.8. The summed E-state index contributed by atoms with van der Waals surface area (Å²) in [5, 5.41) is 0. The van der Waals surface area contributed by atoms with E-state index in [4.69, 9.17) is 18.9 Å². The predicted octanol–water partition coefficient (Wildman–Crippen LogP) is 9.20. The predicted molar refractivity (Wildman–Crippen MR) is 156 cm³/mol. The third-order valence-corrected chi connectivity index (χ3v) is 6.82. The highest BCUT2D eigenvalue weighted by Crippen LogP contribution is 2.13. The first-order chi connectivity index (χ1) is 18.3. The summed E-state index contributed by atoms with van der Waals surface area (Å²) in [6, 6.07) is 0. The fourth-order valence-corrected chi connectivity index (χ4v) is 4.40. The quantitative estimate of drug-likeness (QED) is 0.0643. The molecule has 222 valence electrons. The third-order valence-electron chi connectivity index (χ3n) is 6.82. The molecule has 0 aliphatic rings. The van der Waals surface area contributed by atoms with Crippen LogP contribution < -0.4 is 0 Å². The Labute approximate surface area is 231 Å². The zero-order chi connectivity index (χ0) is 26.9. The molecule has 0 aromatic rings. The Hall–Kier alpha value is -0.650. The molecule has 0 saturated carbocycles. The van der Waals surface area contributed by atoms with Crippen LogP contribution in [0, 0.1) is 0 Å². The zero-order valence-corrected chi connectivity index (χ0v) is 25.0. The van der Waals surface area contributed by atoms with Crippen molar-refractivity contribution in [2.24, 2.45) is 0 Å². The van der Waals surface area contributed by atoms with Gasteiger partial charge in [0.2, 0.25) is 0 Å². The van der Waals surface area contributed by atoms with Gasteiger partial charge in [0.25, 0.3) is 0 Å². The van der Waals surface area contributed by atoms with Gasteiger partial charge in [-0.25, -0.2) is 0 Å². The summed E-state index contributed by atoms with van der Waals surface area (Å²) in [5.41, 5.74) is 0. The van der Waals surface area contributed by atoms with Crippen molar-refractivity contribution in [3.8, 4) is 0 Å². The molecule has 0 unspecified atom stereocenters. The number of esters is 1. The first-order valence-electron chi connectivity index (χ1n) is 16.2. The fourth-order valence-electron chi connectivity index (χ4n) is 4.40. The number of unbranched alkanes of at least 4 members (excludes halogenated alkanes) is 18. The standard InChI is InChI=1S/C32H64O5/c1-3-5-7-9-11-12-13-14-15-16-17-18-20-22-27-37-32(33)24-23-26-35-29-31-36-30-28-34-25-21-19-10-8-6-4-2/h3-31H2,1-2H3. The Balaban J connectivity index is 3.14. The van der Waals surface area contributed by atoms with E-state index in [-0.39, 0.29) is 5.97 Å². The average Bonchev–Trinajstić information content (AvgIpc) is 2.90. The van der Waals surface area contributed by atoms with Gasteiger partial charge in [0.05, 0.1) is 33.0 Å². The lowest BCUT2D eigenvalue weighted by molar-refractivity contribution is -0.144. The molecule has 0 atom stereocenters. The van der Waals surface area contributed by atoms with Crippen molar-refractivity contribution >= 4 is 5.97 Å². The minimum Gasteiger partial charge on any atom is -0.466 e. The van der Waals surface area contributed by atoms with Crippen LogP contribution in [-0.4, -0.2) is 52.2 Å². The molecule has 0 N–H and O–H groups in total. The minimum absolute atomic E-state index is 0.0999. The van der Waals surface area contributed by atoms with Crippen LogP contribution in [0.5, 0.6) is 0 Å². The van der Waals surface area contributed by atoms with Crippen LogP contribution in [0.15, 0.2) is 0 Å². The molecule has 0 rings (SSSR count). The smallest absolute Gasteiger partial charge is 0.305 e. The molecule has 0 aromatic heterocycles. The molecule has 0 fully saturated rings. The van der Waals surface area contributed by atoms with Crippen LogP contribution >= 0.6 is 0 Å². The zero-order valence-electron chi connectivity index (χ0n) is 25.0. The van der Waals surface area contributed by atoms with E-state index in [0.717, 1.165) is 25.9 Å². The van der Waals surface area contributed by atoms with Crippen molar-refractivity contribution in [1.82, 2.24) is 0 Å². The molecular formula is C32H64O5. The van der Waals surface area contributed by atoms with E-state index in [1.807, 2.05) is 0 Å². The Morgan fingerprint density at radius 1 is 0.378 bits per heavy atom. The van der Waals surface area contributed by atoms with Crippen molar-refractivity contribution < 1.29 is 23.7 Å². The van der Waals surface area contributed by atoms with Crippen LogP contribution in [0.3, 0.4) is 0 Å². The number of hydrogen-bond donors (Lipinski definition) is 0. The first-order valence-corrected chi connectivity index (χ1v) is 16.2. The Morgan fingerprint density at radius 3 is 1.14 bits per heavy atom. The van der Waals surface area contributed by atoms with Crippen LogP contribution in [0.25, 0.3) is 0 Å². The highest BCUT2D eigenvalue weighted by molar-refractivity contribution is 5.69. The number of ether oxygens (including phenoxy) is 4. The maximum absolute atomic E-state index is 11.8. The van der Waals surface area contributed by atoms with E-state index in [1.54, 1.807) is 0 Å². The Morgan fingerprint density at radius 2 is 0.703 bits per heavy atom. The first kappa shape index (κ1) is 36.4. The second-order valence-electron chi connectivity index (χ2n) is 10.5. The number of rotatable bonds is 32. The molecule has 0 bridgehead atoms. The van der Waals surface area contributed by atoms with Crippen LogP contribution in [0.1, 0.15) is 155 Å². The van der Waals surface area contributed by atoms with E-state index < -0.39 is 0 Å². The van der Waals surface area contributed by atoms with Crippen molar-refractivity contribution in [2.45, 2.75) is 155 Å². The molecule has 0 aliphatic carbocycles. The maximum Gasteiger partial charge on any atom is 0.305 e. The number of carbonyl (C=O) groups excluding carboxylic acids is 1. The topological polar surface area (TPSA) is 54.0 Å². The van der Waals surface area contributed by atoms with Crippen molar-refractivity contribution in [3.05, 3.63) is 0 Å². The molecule has 37 heavy (non-hydrogen) atoms. The van der Waals surface area contributed by atoms with Gasteiger partial charge in [-0.2, -0.15) is 0 Å². The summed E-state index contributed by atoms with van der Waals surface area (Å²) < 4.78 is 22.0. The molecule has 0 aliphatic heterocycles. The largest absolute Gasteiger partial charge is 0.466 e. The van der Waals surface area contributed by atoms with E-state index in [0.29, 0.717) is 52.5 Å². The number of carbonyl (C=O) groups is 1. The summed E-state index contributed by atoms with van der Waals surface area (Å²) in [7, 11) is 0. The normalized spacial score (nSPS) is 11.3. The van der Waals surface area contributed by atoms with Crippen molar-refractivity contribution in [2.75, 3.05) is 46.2 Å². The highest BCUT2D eigenvalue weighted by atomic mass is 16.5. The Bertz CT molecular complexity index is 429. The van der Waals surface area contributed by atoms with Gasteiger partial charge < -0.3 is 18.9 Å². The highest BCUT2D eigenvalue weighted by Gasteiger charge is 2.03. The van der Waals surface area contributed by atoms with Crippen molar-refractivity contribution in [1.29, 1.82) is 0 Å². The number of hydrogen-bond acceptors (Lipinski definition) is 5. The summed E-state index contributed by atoms with van der Waals surface area (Å²) in [5.74, 6) is -0.0999. The van der Waals surface area contributed by atoms with Gasteiger partial charge in [-0.05, 0) is 19.3 Å². The van der Waals surface area contributed by atoms with Gasteiger partial charge >= 0.3 is 5.97 Å². The van der Waals surface area contributed by atoms with Crippen LogP contribution in [0.2, 0.25) is 0 Å². The lowest BCUT2D eigenvalue weighted by atomic mass is 10.0. The summed E-state index contributed by atoms with van der Waals surface area (Å²) in [4.78, 5) is 11.8. The van der Waals surface area contributed by atoms with E-state index in [9.17, 15) is 4.79 Å². The molecule has 0 heterocycles. The van der Waals surface area contributed by atoms with Crippen molar-refractivity contribution in [3.63, 3.8) is 0 Å². The van der Waals surface area contributed by atoms with E-state index >= 15 is 0 Å². The van der Waals surface area contributed by atoms with Gasteiger partial charge in [-0.3, -0.25) is 4.79 Å². The second-order valence-corrected chi connectivity index (χ2v) is 10.5. The fraction of sp³-hybridized carbons (Fsp3) is 0.969. The lowest BCUT2D eigenvalue weighted by Gasteiger charge is -2.07. The molecule has 0 radical (unpaired) electrons. The average molecular weight is 529 g/mol. The molecule has 0 spiro atoms. The molecule has 0 aromatic carbocycles. The van der Waals surface area contributed by atoms with Crippen LogP contribution in [0.4, 0.5) is 0 Å². The molecule has 5 nitrogen and oxygen atoms in total. The summed E-state index contributed by atoms with van der Waals surface area (Å²) >= 11 is 0. The summed E-state index contributed by atoms with van der Waals surface area (Å²) in [6.07, 6.45) is 27.6. The van der Waals surface area contributed by atoms with Gasteiger partial charge in [0, 0.05) is 19.6 Å². The molecular weight excluding hydrogens is 464 g/mol. The SMILES string of the molecule is CCCCCCCCCCCCCCCCOC(=O)CCCOCCOCCOCCCCCCCC. The van der Waals surface area contributed by atoms with Gasteiger partial charge in [0.1, 0.15) is 0 Å². The summed E-state index contributed by atoms with van der Waals surface area (Å²) in [6.45, 7) is 8.90. The monoisotopic (exact) mass is 528 g/mol. The molecule has 0 amide bonds. The third kappa shape index (κ3) is 33.3. The van der Waals surface area contributed by atoms with E-state index in [1.165, 1.54) is 109 Å². The minimum atomic E-state index is -0.0999. The molecule has 5 heteroatoms. The lowest BCUT2D eigenvalue weighted by Crippen LogP contribution is -2.11. The second kappa shape index (κ2) is 33.4. The van der Waals surface area contributed by atoms with Crippen LogP contribution in [-0.2, 0) is 23.7 Å². The van der Waals surface area contributed by atoms with Gasteiger partial charge in [-0.1, -0.05) is 129 Å². The van der Waals surface area contributed by atoms with Gasteiger partial charge in [-0.15, -0.1) is 0 Å². The molecule has 0 saturated heterocycles. The van der Waals surface area contributed by atoms with Gasteiger partial charge in [0.15, 0.2) is 0 Å². The Kier molecular flexibility index (Phi) is 32.8.